The molecule has 0 heterocycles. The van der Waals surface area contributed by atoms with E-state index >= 15 is 0 Å². The Bertz CT molecular complexity index is 637. The SMILES string of the molecule is CC(C)(C)OC(=O)NCC#Cc1ccc(C(=O)OC(C)(C)C)cc1. The molecule has 0 aliphatic rings. The molecular formula is C19H25NO4. The van der Waals surface area contributed by atoms with E-state index in [2.05, 4.69) is 17.2 Å². The summed E-state index contributed by atoms with van der Waals surface area (Å²) in [4.78, 5) is 23.4. The van der Waals surface area contributed by atoms with Crippen molar-refractivity contribution in [3.05, 3.63) is 35.4 Å². The number of hydrogen-bond acceptors (Lipinski definition) is 4. The van der Waals surface area contributed by atoms with Gasteiger partial charge in [0.1, 0.15) is 11.2 Å². The first-order valence-corrected chi connectivity index (χ1v) is 7.75. The van der Waals surface area contributed by atoms with Crippen LogP contribution in [0.25, 0.3) is 0 Å². The van der Waals surface area contributed by atoms with Gasteiger partial charge in [0.15, 0.2) is 0 Å². The summed E-state index contributed by atoms with van der Waals surface area (Å²) in [7, 11) is 0. The molecule has 1 amide bonds. The van der Waals surface area contributed by atoms with Gasteiger partial charge >= 0.3 is 12.1 Å². The Morgan fingerprint density at radius 2 is 1.50 bits per heavy atom. The molecule has 1 N–H and O–H groups in total. The first-order valence-electron chi connectivity index (χ1n) is 7.75. The number of esters is 1. The number of hydrogen-bond donors (Lipinski definition) is 1. The standard InChI is InChI=1S/C19H25NO4/c1-18(2,3)23-16(21)15-11-9-14(10-12-15)8-7-13-20-17(22)24-19(4,5)6/h9-12H,13H2,1-6H3,(H,20,22). The zero-order valence-corrected chi connectivity index (χ0v) is 15.1. The molecule has 0 fully saturated rings. The van der Waals surface area contributed by atoms with Crippen LogP contribution in [0.15, 0.2) is 24.3 Å². The van der Waals surface area contributed by atoms with Crippen molar-refractivity contribution in [1.82, 2.24) is 5.32 Å². The fraction of sp³-hybridized carbons (Fsp3) is 0.474. The number of ether oxygens (including phenoxy) is 2. The summed E-state index contributed by atoms with van der Waals surface area (Å²) in [6.07, 6.45) is -0.503. The zero-order valence-electron chi connectivity index (χ0n) is 15.1. The van der Waals surface area contributed by atoms with Crippen molar-refractivity contribution in [2.45, 2.75) is 52.7 Å². The topological polar surface area (TPSA) is 64.6 Å². The van der Waals surface area contributed by atoms with Gasteiger partial charge in [-0.05, 0) is 65.8 Å². The maximum Gasteiger partial charge on any atom is 0.408 e. The molecule has 0 unspecified atom stereocenters. The van der Waals surface area contributed by atoms with Gasteiger partial charge in [-0.3, -0.25) is 0 Å². The molecule has 0 saturated heterocycles. The van der Waals surface area contributed by atoms with Crippen LogP contribution in [-0.2, 0) is 9.47 Å². The summed E-state index contributed by atoms with van der Waals surface area (Å²) in [5.41, 5.74) is 0.161. The largest absolute Gasteiger partial charge is 0.456 e. The minimum Gasteiger partial charge on any atom is -0.456 e. The predicted octanol–water partition coefficient (Wildman–Crippen LogP) is 3.52. The Kier molecular flexibility index (Phi) is 6.42. The number of nitrogens with one attached hydrogen (secondary N) is 1. The Labute approximate surface area is 143 Å². The van der Waals surface area contributed by atoms with Gasteiger partial charge in [-0.1, -0.05) is 11.8 Å². The molecule has 0 atom stereocenters. The maximum absolute atomic E-state index is 11.9. The molecule has 0 spiro atoms. The quantitative estimate of drug-likeness (QED) is 0.665. The Hall–Kier alpha value is -2.48. The van der Waals surface area contributed by atoms with E-state index in [0.29, 0.717) is 5.56 Å². The molecule has 0 aliphatic carbocycles. The van der Waals surface area contributed by atoms with Crippen LogP contribution in [0.4, 0.5) is 4.79 Å². The maximum atomic E-state index is 11.9. The fourth-order valence-corrected chi connectivity index (χ4v) is 1.60. The van der Waals surface area contributed by atoms with E-state index in [0.717, 1.165) is 5.56 Å². The van der Waals surface area contributed by atoms with Crippen molar-refractivity contribution in [3.63, 3.8) is 0 Å². The molecule has 1 rings (SSSR count). The van der Waals surface area contributed by atoms with Crippen molar-refractivity contribution in [2.24, 2.45) is 0 Å². The lowest BCUT2D eigenvalue weighted by Crippen LogP contribution is -2.32. The van der Waals surface area contributed by atoms with E-state index in [4.69, 9.17) is 9.47 Å². The molecule has 1 aromatic rings. The number of alkyl carbamates (subject to hydrolysis) is 1. The minimum atomic E-state index is -0.533. The average molecular weight is 331 g/mol. The Balaban J connectivity index is 2.54. The summed E-state index contributed by atoms with van der Waals surface area (Å²) in [6.45, 7) is 11.0. The number of carbonyl (C=O) groups is 2. The Morgan fingerprint density at radius 3 is 2.00 bits per heavy atom. The van der Waals surface area contributed by atoms with Crippen LogP contribution >= 0.6 is 0 Å². The van der Waals surface area contributed by atoms with Crippen molar-refractivity contribution >= 4 is 12.1 Å². The molecule has 0 radical (unpaired) electrons. The summed E-state index contributed by atoms with van der Waals surface area (Å²) in [6, 6.07) is 6.80. The summed E-state index contributed by atoms with van der Waals surface area (Å²) in [5.74, 6) is 5.36. The fourth-order valence-electron chi connectivity index (χ4n) is 1.60. The molecule has 1 aromatic carbocycles. The van der Waals surface area contributed by atoms with Crippen LogP contribution in [0.1, 0.15) is 57.5 Å². The molecule has 0 aromatic heterocycles. The number of benzene rings is 1. The van der Waals surface area contributed by atoms with E-state index in [9.17, 15) is 9.59 Å². The molecule has 0 bridgehead atoms. The average Bonchev–Trinajstić information content (AvgIpc) is 2.40. The number of carbonyl (C=O) groups excluding carboxylic acids is 2. The molecule has 0 saturated carbocycles. The second-order valence-electron chi connectivity index (χ2n) is 7.24. The molecule has 130 valence electrons. The van der Waals surface area contributed by atoms with Gasteiger partial charge in [0.25, 0.3) is 0 Å². The summed E-state index contributed by atoms with van der Waals surface area (Å²) in [5, 5.41) is 2.56. The Morgan fingerprint density at radius 1 is 0.958 bits per heavy atom. The van der Waals surface area contributed by atoms with Crippen LogP contribution in [0.2, 0.25) is 0 Å². The zero-order chi connectivity index (χ0) is 18.4. The van der Waals surface area contributed by atoms with E-state index in [-0.39, 0.29) is 12.5 Å². The molecular weight excluding hydrogens is 306 g/mol. The smallest absolute Gasteiger partial charge is 0.408 e. The van der Waals surface area contributed by atoms with Gasteiger partial charge in [-0.15, -0.1) is 0 Å². The van der Waals surface area contributed by atoms with Crippen molar-refractivity contribution in [3.8, 4) is 11.8 Å². The van der Waals surface area contributed by atoms with Crippen LogP contribution in [-0.4, -0.2) is 29.8 Å². The molecule has 24 heavy (non-hydrogen) atoms. The van der Waals surface area contributed by atoms with Crippen molar-refractivity contribution < 1.29 is 19.1 Å². The highest BCUT2D eigenvalue weighted by atomic mass is 16.6. The van der Waals surface area contributed by atoms with Crippen LogP contribution in [0.5, 0.6) is 0 Å². The van der Waals surface area contributed by atoms with Crippen LogP contribution < -0.4 is 5.32 Å². The van der Waals surface area contributed by atoms with Crippen molar-refractivity contribution in [2.75, 3.05) is 6.54 Å². The third kappa shape index (κ3) is 8.23. The van der Waals surface area contributed by atoms with E-state index in [1.54, 1.807) is 45.0 Å². The third-order valence-corrected chi connectivity index (χ3v) is 2.47. The van der Waals surface area contributed by atoms with Crippen LogP contribution in [0, 0.1) is 11.8 Å². The van der Waals surface area contributed by atoms with Crippen LogP contribution in [0.3, 0.4) is 0 Å². The first kappa shape index (κ1) is 19.6. The second-order valence-corrected chi connectivity index (χ2v) is 7.24. The number of rotatable bonds is 2. The van der Waals surface area contributed by atoms with Crippen molar-refractivity contribution in [1.29, 1.82) is 0 Å². The van der Waals surface area contributed by atoms with Gasteiger partial charge in [-0.25, -0.2) is 9.59 Å². The van der Waals surface area contributed by atoms with Gasteiger partial charge in [0.05, 0.1) is 12.1 Å². The lowest BCUT2D eigenvalue weighted by molar-refractivity contribution is 0.00692. The highest BCUT2D eigenvalue weighted by Crippen LogP contribution is 2.12. The van der Waals surface area contributed by atoms with E-state index in [1.165, 1.54) is 0 Å². The van der Waals surface area contributed by atoms with Gasteiger partial charge in [0.2, 0.25) is 0 Å². The molecule has 5 nitrogen and oxygen atoms in total. The van der Waals surface area contributed by atoms with Gasteiger partial charge in [-0.2, -0.15) is 0 Å². The number of amides is 1. The predicted molar refractivity (Wildman–Crippen MR) is 92.7 cm³/mol. The summed E-state index contributed by atoms with van der Waals surface area (Å²) >= 11 is 0. The third-order valence-electron chi connectivity index (χ3n) is 2.47. The summed E-state index contributed by atoms with van der Waals surface area (Å²) < 4.78 is 10.4. The lowest BCUT2D eigenvalue weighted by Gasteiger charge is -2.19. The molecule has 5 heteroatoms. The van der Waals surface area contributed by atoms with E-state index in [1.807, 2.05) is 20.8 Å². The monoisotopic (exact) mass is 331 g/mol. The first-order chi connectivity index (χ1) is 11.0. The highest BCUT2D eigenvalue weighted by molar-refractivity contribution is 5.89. The lowest BCUT2D eigenvalue weighted by atomic mass is 10.1. The highest BCUT2D eigenvalue weighted by Gasteiger charge is 2.17. The minimum absolute atomic E-state index is 0.183. The normalized spacial score (nSPS) is 11.1. The van der Waals surface area contributed by atoms with Gasteiger partial charge < -0.3 is 14.8 Å². The molecule has 0 aliphatic heterocycles. The van der Waals surface area contributed by atoms with Gasteiger partial charge in [0, 0.05) is 5.56 Å². The second kappa shape index (κ2) is 7.87. The van der Waals surface area contributed by atoms with E-state index < -0.39 is 17.3 Å².